The minimum absolute atomic E-state index is 0.0294. The Morgan fingerprint density at radius 2 is 1.63 bits per heavy atom. The maximum Gasteiger partial charge on any atom is 0.269 e. The third-order valence-corrected chi connectivity index (χ3v) is 7.25. The van der Waals surface area contributed by atoms with Crippen LogP contribution < -0.4 is 5.32 Å². The van der Waals surface area contributed by atoms with E-state index in [0.717, 1.165) is 29.5 Å². The third kappa shape index (κ3) is 9.19. The van der Waals surface area contributed by atoms with Crippen molar-refractivity contribution in [1.82, 2.24) is 10.2 Å². The largest absolute Gasteiger partial charge is 0.354 e. The van der Waals surface area contributed by atoms with E-state index in [4.69, 9.17) is 11.6 Å². The molecule has 1 N–H and O–H groups in total. The van der Waals surface area contributed by atoms with E-state index in [0.29, 0.717) is 23.7 Å². The lowest BCUT2D eigenvalue weighted by atomic mass is 10.0. The second kappa shape index (κ2) is 15.1. The van der Waals surface area contributed by atoms with Crippen molar-refractivity contribution in [3.8, 4) is 0 Å². The average Bonchev–Trinajstić information content (AvgIpc) is 2.92. The van der Waals surface area contributed by atoms with Crippen molar-refractivity contribution >= 4 is 40.9 Å². The van der Waals surface area contributed by atoms with E-state index in [2.05, 4.69) is 12.2 Å². The molecule has 0 fully saturated rings. The summed E-state index contributed by atoms with van der Waals surface area (Å²) in [5.41, 5.74) is 2.76. The predicted molar refractivity (Wildman–Crippen MR) is 153 cm³/mol. The Bertz CT molecular complexity index is 1190. The SMILES string of the molecule is CCCCNC(=O)C(Cc1ccccc1)N(Cc1ccc(Cl)cc1)C(=O)CSCc1ccc([N+](=O)[O-])cc1. The van der Waals surface area contributed by atoms with Crippen LogP contribution in [0.4, 0.5) is 5.69 Å². The molecule has 0 aliphatic heterocycles. The molecular formula is C29H32ClN3O4S. The number of hydrogen-bond donors (Lipinski definition) is 1. The zero-order chi connectivity index (χ0) is 27.3. The Balaban J connectivity index is 1.80. The molecule has 2 amide bonds. The third-order valence-electron chi connectivity index (χ3n) is 6.01. The van der Waals surface area contributed by atoms with Crippen LogP contribution in [-0.4, -0.2) is 40.0 Å². The summed E-state index contributed by atoms with van der Waals surface area (Å²) in [7, 11) is 0. The highest BCUT2D eigenvalue weighted by Crippen LogP contribution is 2.21. The van der Waals surface area contributed by atoms with Gasteiger partial charge >= 0.3 is 0 Å². The highest BCUT2D eigenvalue weighted by molar-refractivity contribution is 7.99. The van der Waals surface area contributed by atoms with Gasteiger partial charge in [-0.2, -0.15) is 0 Å². The van der Waals surface area contributed by atoms with Gasteiger partial charge in [0.1, 0.15) is 6.04 Å². The molecule has 0 radical (unpaired) electrons. The first-order chi connectivity index (χ1) is 18.4. The number of carbonyl (C=O) groups excluding carboxylic acids is 2. The van der Waals surface area contributed by atoms with Crippen LogP contribution >= 0.6 is 23.4 Å². The molecule has 200 valence electrons. The molecule has 0 spiro atoms. The number of benzene rings is 3. The number of rotatable bonds is 14. The molecule has 9 heteroatoms. The molecule has 0 saturated carbocycles. The number of halogens is 1. The predicted octanol–water partition coefficient (Wildman–Crippen LogP) is 6.04. The minimum Gasteiger partial charge on any atom is -0.354 e. The number of amides is 2. The molecule has 38 heavy (non-hydrogen) atoms. The summed E-state index contributed by atoms with van der Waals surface area (Å²) in [6.45, 7) is 2.89. The number of carbonyl (C=O) groups is 2. The molecule has 0 aliphatic carbocycles. The van der Waals surface area contributed by atoms with Crippen molar-refractivity contribution in [2.45, 2.75) is 44.5 Å². The minimum atomic E-state index is -0.683. The zero-order valence-electron chi connectivity index (χ0n) is 21.3. The van der Waals surface area contributed by atoms with Gasteiger partial charge in [-0.15, -0.1) is 11.8 Å². The van der Waals surface area contributed by atoms with E-state index in [1.54, 1.807) is 29.2 Å². The summed E-state index contributed by atoms with van der Waals surface area (Å²) >= 11 is 7.48. The molecule has 1 atom stereocenters. The number of nitro benzene ring substituents is 1. The van der Waals surface area contributed by atoms with Crippen LogP contribution in [0.5, 0.6) is 0 Å². The Morgan fingerprint density at radius 1 is 0.974 bits per heavy atom. The molecule has 0 heterocycles. The monoisotopic (exact) mass is 553 g/mol. The van der Waals surface area contributed by atoms with E-state index in [9.17, 15) is 19.7 Å². The fraction of sp³-hybridized carbons (Fsp3) is 0.310. The Hall–Kier alpha value is -3.36. The molecule has 0 aromatic heterocycles. The van der Waals surface area contributed by atoms with Gasteiger partial charge in [0, 0.05) is 42.4 Å². The number of unbranched alkanes of at least 4 members (excludes halogenated alkanes) is 1. The summed E-state index contributed by atoms with van der Waals surface area (Å²) in [6.07, 6.45) is 2.21. The lowest BCUT2D eigenvalue weighted by molar-refractivity contribution is -0.384. The van der Waals surface area contributed by atoms with Crippen molar-refractivity contribution in [3.63, 3.8) is 0 Å². The fourth-order valence-electron chi connectivity index (χ4n) is 3.90. The second-order valence-electron chi connectivity index (χ2n) is 8.91. The number of nitrogens with one attached hydrogen (secondary N) is 1. The molecule has 0 aliphatic rings. The van der Waals surface area contributed by atoms with Gasteiger partial charge in [0.05, 0.1) is 10.7 Å². The molecule has 7 nitrogen and oxygen atoms in total. The van der Waals surface area contributed by atoms with Crippen molar-refractivity contribution in [1.29, 1.82) is 0 Å². The normalized spacial score (nSPS) is 11.5. The standard InChI is InChI=1S/C29H32ClN3O4S/c1-2-3-17-31-29(35)27(18-22-7-5-4-6-8-22)32(19-23-9-13-25(30)14-10-23)28(34)21-38-20-24-11-15-26(16-12-24)33(36)37/h4-16,27H,2-3,17-21H2,1H3,(H,31,35). The number of non-ortho nitro benzene ring substituents is 1. The Labute approximate surface area is 232 Å². The van der Waals surface area contributed by atoms with Crippen LogP contribution in [0, 0.1) is 10.1 Å². The first-order valence-corrected chi connectivity index (χ1v) is 14.1. The fourth-order valence-corrected chi connectivity index (χ4v) is 4.90. The van der Waals surface area contributed by atoms with Crippen molar-refractivity contribution in [2.24, 2.45) is 0 Å². The van der Waals surface area contributed by atoms with E-state index in [1.807, 2.05) is 42.5 Å². The number of nitro groups is 1. The van der Waals surface area contributed by atoms with Gasteiger partial charge in [-0.05, 0) is 35.2 Å². The Morgan fingerprint density at radius 3 is 2.26 bits per heavy atom. The maximum atomic E-state index is 13.6. The summed E-state index contributed by atoms with van der Waals surface area (Å²) in [5, 5.41) is 14.5. The van der Waals surface area contributed by atoms with Crippen molar-refractivity contribution < 1.29 is 14.5 Å². The van der Waals surface area contributed by atoms with Gasteiger partial charge in [0.2, 0.25) is 11.8 Å². The van der Waals surface area contributed by atoms with E-state index < -0.39 is 11.0 Å². The summed E-state index contributed by atoms with van der Waals surface area (Å²) in [4.78, 5) is 39.1. The molecule has 3 aromatic carbocycles. The smallest absolute Gasteiger partial charge is 0.269 e. The molecule has 1 unspecified atom stereocenters. The first-order valence-electron chi connectivity index (χ1n) is 12.5. The van der Waals surface area contributed by atoms with Crippen molar-refractivity contribution in [3.05, 3.63) is 111 Å². The van der Waals surface area contributed by atoms with Gasteiger partial charge in [0.15, 0.2) is 0 Å². The highest BCUT2D eigenvalue weighted by atomic mass is 35.5. The van der Waals surface area contributed by atoms with Crippen LogP contribution in [0.2, 0.25) is 5.02 Å². The van der Waals surface area contributed by atoms with Gasteiger partial charge in [-0.25, -0.2) is 0 Å². The van der Waals surface area contributed by atoms with Crippen LogP contribution in [0.15, 0.2) is 78.9 Å². The molecule has 0 bridgehead atoms. The molecule has 3 rings (SSSR count). The van der Waals surface area contributed by atoms with Crippen LogP contribution in [0.3, 0.4) is 0 Å². The van der Waals surface area contributed by atoms with Gasteiger partial charge in [0.25, 0.3) is 5.69 Å². The summed E-state index contributed by atoms with van der Waals surface area (Å²) in [6, 6.07) is 22.6. The number of thioether (sulfide) groups is 1. The topological polar surface area (TPSA) is 92.6 Å². The maximum absolute atomic E-state index is 13.6. The summed E-state index contributed by atoms with van der Waals surface area (Å²) < 4.78 is 0. The lowest BCUT2D eigenvalue weighted by Crippen LogP contribution is -2.51. The van der Waals surface area contributed by atoms with Crippen molar-refractivity contribution in [2.75, 3.05) is 12.3 Å². The highest BCUT2D eigenvalue weighted by Gasteiger charge is 2.30. The lowest BCUT2D eigenvalue weighted by Gasteiger charge is -2.31. The quantitative estimate of drug-likeness (QED) is 0.149. The van der Waals surface area contributed by atoms with Gasteiger partial charge in [-0.3, -0.25) is 19.7 Å². The Kier molecular flexibility index (Phi) is 11.6. The average molecular weight is 554 g/mol. The van der Waals surface area contributed by atoms with E-state index in [-0.39, 0.29) is 29.8 Å². The van der Waals surface area contributed by atoms with Crippen LogP contribution in [0.1, 0.15) is 36.5 Å². The van der Waals surface area contributed by atoms with Gasteiger partial charge in [-0.1, -0.05) is 79.5 Å². The second-order valence-corrected chi connectivity index (χ2v) is 10.3. The summed E-state index contributed by atoms with van der Waals surface area (Å²) in [5.74, 6) is 0.353. The van der Waals surface area contributed by atoms with Gasteiger partial charge < -0.3 is 10.2 Å². The molecule has 0 saturated heterocycles. The van der Waals surface area contributed by atoms with Crippen LogP contribution in [0.25, 0.3) is 0 Å². The molecular weight excluding hydrogens is 522 g/mol. The zero-order valence-corrected chi connectivity index (χ0v) is 22.9. The first kappa shape index (κ1) is 29.2. The van der Waals surface area contributed by atoms with E-state index >= 15 is 0 Å². The number of nitrogens with zero attached hydrogens (tertiary/aromatic N) is 2. The molecule has 3 aromatic rings. The van der Waals surface area contributed by atoms with Crippen LogP contribution in [-0.2, 0) is 28.3 Å². The number of hydrogen-bond acceptors (Lipinski definition) is 5. The van der Waals surface area contributed by atoms with E-state index in [1.165, 1.54) is 23.9 Å².